The maximum Gasteiger partial charge on any atom is 0.137 e. The quantitative estimate of drug-likeness (QED) is 0.788. The average Bonchev–Trinajstić information content (AvgIpc) is 2.31. The second-order valence-electron chi connectivity index (χ2n) is 4.50. The first kappa shape index (κ1) is 14.0. The molecule has 17 heavy (non-hydrogen) atoms. The highest BCUT2D eigenvalue weighted by atomic mass is 16.5. The van der Waals surface area contributed by atoms with Gasteiger partial charge in [0.15, 0.2) is 0 Å². The van der Waals surface area contributed by atoms with Gasteiger partial charge in [-0.2, -0.15) is 0 Å². The zero-order valence-electron chi connectivity index (χ0n) is 11.4. The molecule has 0 aliphatic rings. The Morgan fingerprint density at radius 2 is 2.06 bits per heavy atom. The van der Waals surface area contributed by atoms with Crippen LogP contribution in [-0.2, 0) is 0 Å². The Morgan fingerprint density at radius 1 is 1.29 bits per heavy atom. The molecule has 96 valence electrons. The van der Waals surface area contributed by atoms with Crippen molar-refractivity contribution in [2.75, 3.05) is 6.54 Å². The molecule has 0 radical (unpaired) electrons. The van der Waals surface area contributed by atoms with Crippen molar-refractivity contribution in [1.29, 1.82) is 0 Å². The molecular weight excluding hydrogens is 212 g/mol. The predicted octanol–water partition coefficient (Wildman–Crippen LogP) is 3.32. The highest BCUT2D eigenvalue weighted by molar-refractivity contribution is 5.21. The van der Waals surface area contributed by atoms with Gasteiger partial charge in [-0.25, -0.2) is 0 Å². The van der Waals surface area contributed by atoms with E-state index < -0.39 is 0 Å². The molecule has 1 aromatic heterocycles. The lowest BCUT2D eigenvalue weighted by Crippen LogP contribution is -2.22. The summed E-state index contributed by atoms with van der Waals surface area (Å²) in [6.07, 6.45) is 4.21. The van der Waals surface area contributed by atoms with E-state index in [1.165, 1.54) is 0 Å². The Morgan fingerprint density at radius 3 is 2.53 bits per heavy atom. The van der Waals surface area contributed by atoms with Crippen molar-refractivity contribution in [3.63, 3.8) is 0 Å². The van der Waals surface area contributed by atoms with Crippen LogP contribution in [0.1, 0.15) is 52.3 Å². The van der Waals surface area contributed by atoms with E-state index in [4.69, 9.17) is 4.74 Å². The predicted molar refractivity (Wildman–Crippen MR) is 71.3 cm³/mol. The molecule has 0 aromatic carbocycles. The Kier molecular flexibility index (Phi) is 5.98. The van der Waals surface area contributed by atoms with Crippen LogP contribution in [0.2, 0.25) is 0 Å². The minimum Gasteiger partial charge on any atom is -0.489 e. The van der Waals surface area contributed by atoms with Gasteiger partial charge in [0.2, 0.25) is 0 Å². The Bertz CT molecular complexity index is 309. The van der Waals surface area contributed by atoms with Crippen molar-refractivity contribution >= 4 is 0 Å². The molecule has 0 aliphatic heterocycles. The van der Waals surface area contributed by atoms with Crippen LogP contribution in [0.3, 0.4) is 0 Å². The van der Waals surface area contributed by atoms with Gasteiger partial charge in [-0.3, -0.25) is 4.98 Å². The number of aromatic nitrogens is 1. The summed E-state index contributed by atoms with van der Waals surface area (Å²) in [5.41, 5.74) is 1.09. The molecule has 1 unspecified atom stereocenters. The zero-order chi connectivity index (χ0) is 12.7. The molecule has 1 aromatic rings. The average molecular weight is 236 g/mol. The molecule has 3 heteroatoms. The third-order valence-corrected chi connectivity index (χ3v) is 2.54. The minimum atomic E-state index is 0.197. The van der Waals surface area contributed by atoms with Crippen molar-refractivity contribution in [3.05, 3.63) is 24.0 Å². The van der Waals surface area contributed by atoms with Gasteiger partial charge >= 0.3 is 0 Å². The third kappa shape index (κ3) is 4.73. The van der Waals surface area contributed by atoms with E-state index in [1.54, 1.807) is 0 Å². The van der Waals surface area contributed by atoms with Gasteiger partial charge in [0.25, 0.3) is 0 Å². The zero-order valence-corrected chi connectivity index (χ0v) is 11.4. The molecule has 1 N–H and O–H groups in total. The first-order chi connectivity index (χ1) is 8.17. The standard InChI is InChI=1S/C14H24N2O/c1-5-9-15-13(6-2)14-8-7-12(10-16-14)17-11(3)4/h7-8,10-11,13,15H,5-6,9H2,1-4H3. The van der Waals surface area contributed by atoms with Gasteiger partial charge in [0.05, 0.1) is 18.0 Å². The van der Waals surface area contributed by atoms with Crippen molar-refractivity contribution < 1.29 is 4.74 Å². The summed E-state index contributed by atoms with van der Waals surface area (Å²) in [5, 5.41) is 3.49. The van der Waals surface area contributed by atoms with Crippen molar-refractivity contribution in [2.45, 2.75) is 52.7 Å². The van der Waals surface area contributed by atoms with Gasteiger partial charge in [0, 0.05) is 6.04 Å². The van der Waals surface area contributed by atoms with Crippen LogP contribution in [0.15, 0.2) is 18.3 Å². The molecule has 0 fully saturated rings. The van der Waals surface area contributed by atoms with Crippen LogP contribution < -0.4 is 10.1 Å². The molecule has 0 saturated heterocycles. The van der Waals surface area contributed by atoms with Crippen molar-refractivity contribution in [2.24, 2.45) is 0 Å². The molecule has 3 nitrogen and oxygen atoms in total. The van der Waals surface area contributed by atoms with E-state index in [1.807, 2.05) is 26.1 Å². The fourth-order valence-electron chi connectivity index (χ4n) is 1.72. The van der Waals surface area contributed by atoms with E-state index >= 15 is 0 Å². The minimum absolute atomic E-state index is 0.197. The van der Waals surface area contributed by atoms with Gasteiger partial charge in [0.1, 0.15) is 5.75 Å². The van der Waals surface area contributed by atoms with Gasteiger partial charge in [-0.15, -0.1) is 0 Å². The second-order valence-corrected chi connectivity index (χ2v) is 4.50. The lowest BCUT2D eigenvalue weighted by Gasteiger charge is -2.16. The van der Waals surface area contributed by atoms with Crippen LogP contribution in [0.25, 0.3) is 0 Å². The van der Waals surface area contributed by atoms with E-state index in [0.29, 0.717) is 6.04 Å². The fourth-order valence-corrected chi connectivity index (χ4v) is 1.72. The van der Waals surface area contributed by atoms with Crippen molar-refractivity contribution in [1.82, 2.24) is 10.3 Å². The molecule has 0 aliphatic carbocycles. The molecule has 1 heterocycles. The lowest BCUT2D eigenvalue weighted by atomic mass is 10.1. The molecule has 1 rings (SSSR count). The summed E-state index contributed by atoms with van der Waals surface area (Å²) >= 11 is 0. The summed E-state index contributed by atoms with van der Waals surface area (Å²) in [7, 11) is 0. The molecule has 0 amide bonds. The van der Waals surface area contributed by atoms with Gasteiger partial charge in [-0.05, 0) is 45.4 Å². The summed E-state index contributed by atoms with van der Waals surface area (Å²) in [6.45, 7) is 9.42. The number of pyridine rings is 1. The number of rotatable bonds is 7. The monoisotopic (exact) mass is 236 g/mol. The summed E-state index contributed by atoms with van der Waals surface area (Å²) in [5.74, 6) is 0.842. The van der Waals surface area contributed by atoms with E-state index in [-0.39, 0.29) is 6.10 Å². The normalized spacial score (nSPS) is 12.8. The van der Waals surface area contributed by atoms with Crippen LogP contribution in [0.4, 0.5) is 0 Å². The molecule has 1 atom stereocenters. The summed E-state index contributed by atoms with van der Waals surface area (Å²) in [4.78, 5) is 4.47. The van der Waals surface area contributed by atoms with Gasteiger partial charge in [-0.1, -0.05) is 13.8 Å². The first-order valence-corrected chi connectivity index (χ1v) is 6.53. The Balaban J connectivity index is 2.64. The molecule has 0 saturated carbocycles. The lowest BCUT2D eigenvalue weighted by molar-refractivity contribution is 0.241. The smallest absolute Gasteiger partial charge is 0.137 e. The highest BCUT2D eigenvalue weighted by Crippen LogP contribution is 2.17. The number of hydrogen-bond donors (Lipinski definition) is 1. The Hall–Kier alpha value is -1.09. The van der Waals surface area contributed by atoms with Crippen LogP contribution in [0, 0.1) is 0 Å². The number of ether oxygens (including phenoxy) is 1. The molecular formula is C14H24N2O. The van der Waals surface area contributed by atoms with Crippen LogP contribution in [0.5, 0.6) is 5.75 Å². The van der Waals surface area contributed by atoms with Crippen LogP contribution in [-0.4, -0.2) is 17.6 Å². The topological polar surface area (TPSA) is 34.1 Å². The largest absolute Gasteiger partial charge is 0.489 e. The maximum atomic E-state index is 5.58. The number of nitrogens with zero attached hydrogens (tertiary/aromatic N) is 1. The SMILES string of the molecule is CCCNC(CC)c1ccc(OC(C)C)cn1. The van der Waals surface area contributed by atoms with Gasteiger partial charge < -0.3 is 10.1 Å². The Labute approximate surface area is 105 Å². The second kappa shape index (κ2) is 7.28. The maximum absolute atomic E-state index is 5.58. The van der Waals surface area contributed by atoms with E-state index in [2.05, 4.69) is 30.2 Å². The summed E-state index contributed by atoms with van der Waals surface area (Å²) < 4.78 is 5.58. The highest BCUT2D eigenvalue weighted by Gasteiger charge is 2.09. The van der Waals surface area contributed by atoms with Crippen LogP contribution >= 0.6 is 0 Å². The number of nitrogens with one attached hydrogen (secondary N) is 1. The summed E-state index contributed by atoms with van der Waals surface area (Å²) in [6, 6.07) is 4.40. The van der Waals surface area contributed by atoms with E-state index in [9.17, 15) is 0 Å². The number of hydrogen-bond acceptors (Lipinski definition) is 3. The first-order valence-electron chi connectivity index (χ1n) is 6.53. The molecule has 0 bridgehead atoms. The molecule has 0 spiro atoms. The van der Waals surface area contributed by atoms with Crippen molar-refractivity contribution in [3.8, 4) is 5.75 Å². The fraction of sp³-hybridized carbons (Fsp3) is 0.643. The van der Waals surface area contributed by atoms with E-state index in [0.717, 1.165) is 30.8 Å². The third-order valence-electron chi connectivity index (χ3n) is 2.54.